The van der Waals surface area contributed by atoms with Gasteiger partial charge in [0.15, 0.2) is 0 Å². The predicted molar refractivity (Wildman–Crippen MR) is 77.8 cm³/mol. The summed E-state index contributed by atoms with van der Waals surface area (Å²) in [5.74, 6) is 0.898. The molecule has 0 spiro atoms. The lowest BCUT2D eigenvalue weighted by molar-refractivity contribution is 0.303. The molecule has 0 bridgehead atoms. The van der Waals surface area contributed by atoms with Gasteiger partial charge in [0.2, 0.25) is 0 Å². The summed E-state index contributed by atoms with van der Waals surface area (Å²) in [7, 11) is 0. The third-order valence-electron chi connectivity index (χ3n) is 3.35. The third kappa shape index (κ3) is 3.11. The maximum atomic E-state index is 6.10. The third-order valence-corrected chi connectivity index (χ3v) is 3.87. The van der Waals surface area contributed by atoms with Gasteiger partial charge in [-0.25, -0.2) is 0 Å². The van der Waals surface area contributed by atoms with Crippen LogP contribution in [-0.4, -0.2) is 11.5 Å². The van der Waals surface area contributed by atoms with Crippen LogP contribution >= 0.6 is 23.8 Å². The van der Waals surface area contributed by atoms with E-state index >= 15 is 0 Å². The van der Waals surface area contributed by atoms with E-state index in [2.05, 4.69) is 5.32 Å². The van der Waals surface area contributed by atoms with Gasteiger partial charge in [-0.15, -0.1) is 0 Å². The molecular weight excluding hydrogens is 252 g/mol. The largest absolute Gasteiger partial charge is 0.389 e. The highest BCUT2D eigenvalue weighted by molar-refractivity contribution is 7.80. The highest BCUT2D eigenvalue weighted by Crippen LogP contribution is 2.30. The number of nitrogens with two attached hydrogens (primary N) is 1. The fraction of sp³-hybridized carbons (Fsp3) is 0.462. The Hall–Kier alpha value is -0.800. The molecule has 0 heterocycles. The van der Waals surface area contributed by atoms with E-state index in [4.69, 9.17) is 29.6 Å². The average Bonchev–Trinajstić information content (AvgIpc) is 2.21. The van der Waals surface area contributed by atoms with Crippen molar-refractivity contribution in [3.8, 4) is 0 Å². The molecule has 1 fully saturated rings. The van der Waals surface area contributed by atoms with E-state index in [1.54, 1.807) is 0 Å². The fourth-order valence-electron chi connectivity index (χ4n) is 2.11. The number of rotatable bonds is 5. The summed E-state index contributed by atoms with van der Waals surface area (Å²) >= 11 is 11.1. The second-order valence-electron chi connectivity index (χ2n) is 4.54. The van der Waals surface area contributed by atoms with Gasteiger partial charge in [-0.2, -0.15) is 0 Å². The predicted octanol–water partition coefficient (Wildman–Crippen LogP) is 3.58. The molecule has 0 amide bonds. The minimum atomic E-state index is 0.349. The van der Waals surface area contributed by atoms with E-state index in [0.717, 1.165) is 23.7 Å². The van der Waals surface area contributed by atoms with E-state index in [1.165, 1.54) is 25.7 Å². The molecule has 0 atom stereocenters. The number of nitrogens with one attached hydrogen (secondary N) is 1. The van der Waals surface area contributed by atoms with Crippen LogP contribution in [0.25, 0.3) is 0 Å². The Labute approximate surface area is 113 Å². The van der Waals surface area contributed by atoms with E-state index in [0.29, 0.717) is 10.0 Å². The fourth-order valence-corrected chi connectivity index (χ4v) is 2.67. The van der Waals surface area contributed by atoms with Crippen molar-refractivity contribution in [1.29, 1.82) is 0 Å². The van der Waals surface area contributed by atoms with Crippen LogP contribution in [0.3, 0.4) is 0 Å². The number of anilines is 1. The van der Waals surface area contributed by atoms with E-state index in [9.17, 15) is 0 Å². The second-order valence-corrected chi connectivity index (χ2v) is 5.39. The zero-order valence-electron chi connectivity index (χ0n) is 9.71. The molecule has 0 unspecified atom stereocenters. The normalized spacial score (nSPS) is 15.4. The quantitative estimate of drug-likeness (QED) is 0.802. The van der Waals surface area contributed by atoms with E-state index in [1.807, 2.05) is 18.2 Å². The van der Waals surface area contributed by atoms with Crippen LogP contribution in [0.1, 0.15) is 31.2 Å². The first kappa shape index (κ1) is 12.7. The number of thiocarbonyl (C=S) groups is 1. The van der Waals surface area contributed by atoms with Gasteiger partial charge in [0, 0.05) is 12.2 Å². The lowest BCUT2D eigenvalue weighted by Gasteiger charge is -2.25. The molecule has 17 heavy (non-hydrogen) atoms. The van der Waals surface area contributed by atoms with Gasteiger partial charge in [0.05, 0.1) is 10.6 Å². The molecule has 0 saturated heterocycles. The van der Waals surface area contributed by atoms with Gasteiger partial charge in [-0.3, -0.25) is 0 Å². The minimum Gasteiger partial charge on any atom is -0.389 e. The van der Waals surface area contributed by atoms with E-state index in [-0.39, 0.29) is 0 Å². The first-order chi connectivity index (χ1) is 8.18. The van der Waals surface area contributed by atoms with Crippen LogP contribution in [0, 0.1) is 5.92 Å². The zero-order valence-corrected chi connectivity index (χ0v) is 11.3. The topological polar surface area (TPSA) is 38.0 Å². The molecule has 1 saturated carbocycles. The van der Waals surface area contributed by atoms with Crippen LogP contribution in [0.4, 0.5) is 5.69 Å². The van der Waals surface area contributed by atoms with E-state index < -0.39 is 0 Å². The summed E-state index contributed by atoms with van der Waals surface area (Å²) in [6.07, 6.45) is 5.35. The Balaban J connectivity index is 1.98. The van der Waals surface area contributed by atoms with Crippen molar-refractivity contribution >= 4 is 34.5 Å². The van der Waals surface area contributed by atoms with Crippen LogP contribution in [-0.2, 0) is 0 Å². The van der Waals surface area contributed by atoms with Crippen molar-refractivity contribution < 1.29 is 0 Å². The van der Waals surface area contributed by atoms with Crippen molar-refractivity contribution in [3.05, 3.63) is 28.8 Å². The Morgan fingerprint density at radius 1 is 1.47 bits per heavy atom. The second kappa shape index (κ2) is 5.69. The smallest absolute Gasteiger partial charge is 0.107 e. The number of halogens is 1. The van der Waals surface area contributed by atoms with Crippen LogP contribution in [0.2, 0.25) is 5.02 Å². The highest BCUT2D eigenvalue weighted by Gasteiger charge is 2.17. The van der Waals surface area contributed by atoms with Gasteiger partial charge in [-0.1, -0.05) is 49.1 Å². The van der Waals surface area contributed by atoms with Gasteiger partial charge in [0.25, 0.3) is 0 Å². The lowest BCUT2D eigenvalue weighted by Crippen LogP contribution is -2.18. The standard InChI is InChI=1S/C13H17ClN2S/c14-10-5-2-6-11(12(10)13(15)17)16-8-7-9-3-1-4-9/h2,5-6,9,16H,1,3-4,7-8H2,(H2,15,17). The summed E-state index contributed by atoms with van der Waals surface area (Å²) in [5, 5.41) is 4.00. The maximum Gasteiger partial charge on any atom is 0.107 e. The summed E-state index contributed by atoms with van der Waals surface area (Å²) in [6.45, 7) is 0.959. The molecular formula is C13H17ClN2S. The average molecular weight is 269 g/mol. The molecule has 1 aromatic carbocycles. The van der Waals surface area contributed by atoms with Crippen molar-refractivity contribution in [2.75, 3.05) is 11.9 Å². The molecule has 0 radical (unpaired) electrons. The Bertz CT molecular complexity index is 416. The zero-order chi connectivity index (χ0) is 12.3. The summed E-state index contributed by atoms with van der Waals surface area (Å²) in [5.41, 5.74) is 7.40. The summed E-state index contributed by atoms with van der Waals surface area (Å²) < 4.78 is 0. The molecule has 92 valence electrons. The Morgan fingerprint density at radius 2 is 2.24 bits per heavy atom. The monoisotopic (exact) mass is 268 g/mol. The van der Waals surface area contributed by atoms with Gasteiger partial charge in [-0.05, 0) is 24.5 Å². The van der Waals surface area contributed by atoms with Crippen molar-refractivity contribution in [2.45, 2.75) is 25.7 Å². The number of hydrogen-bond donors (Lipinski definition) is 2. The van der Waals surface area contributed by atoms with Crippen LogP contribution < -0.4 is 11.1 Å². The summed E-state index contributed by atoms with van der Waals surface area (Å²) in [4.78, 5) is 0.349. The van der Waals surface area contributed by atoms with Gasteiger partial charge >= 0.3 is 0 Å². The number of benzene rings is 1. The van der Waals surface area contributed by atoms with Crippen molar-refractivity contribution in [3.63, 3.8) is 0 Å². The Morgan fingerprint density at radius 3 is 2.82 bits per heavy atom. The molecule has 1 aromatic rings. The molecule has 2 nitrogen and oxygen atoms in total. The van der Waals surface area contributed by atoms with Gasteiger partial charge in [0.1, 0.15) is 4.99 Å². The molecule has 1 aliphatic rings. The first-order valence-corrected chi connectivity index (χ1v) is 6.79. The SMILES string of the molecule is NC(=S)c1c(Cl)cccc1NCCC1CCC1. The molecule has 3 N–H and O–H groups in total. The van der Waals surface area contributed by atoms with Crippen molar-refractivity contribution in [1.82, 2.24) is 0 Å². The number of hydrogen-bond acceptors (Lipinski definition) is 2. The van der Waals surface area contributed by atoms with Crippen molar-refractivity contribution in [2.24, 2.45) is 11.7 Å². The molecule has 0 aromatic heterocycles. The van der Waals surface area contributed by atoms with Crippen LogP contribution in [0.5, 0.6) is 0 Å². The Kier molecular flexibility index (Phi) is 4.24. The molecule has 2 rings (SSSR count). The molecule has 0 aliphatic heterocycles. The summed E-state index contributed by atoms with van der Waals surface area (Å²) in [6, 6.07) is 5.70. The first-order valence-electron chi connectivity index (χ1n) is 6.00. The lowest BCUT2D eigenvalue weighted by atomic mass is 9.83. The molecule has 1 aliphatic carbocycles. The minimum absolute atomic E-state index is 0.349. The van der Waals surface area contributed by atoms with Gasteiger partial charge < -0.3 is 11.1 Å². The maximum absolute atomic E-state index is 6.10. The molecule has 4 heteroatoms. The van der Waals surface area contributed by atoms with Crippen LogP contribution in [0.15, 0.2) is 18.2 Å². The highest BCUT2D eigenvalue weighted by atomic mass is 35.5.